The summed E-state index contributed by atoms with van der Waals surface area (Å²) in [4.78, 5) is 22.9. The molecule has 0 spiro atoms. The zero-order valence-electron chi connectivity index (χ0n) is 14.2. The van der Waals surface area contributed by atoms with Crippen molar-refractivity contribution in [3.63, 3.8) is 0 Å². The minimum Gasteiger partial charge on any atom is -0.481 e. The van der Waals surface area contributed by atoms with Crippen molar-refractivity contribution in [3.05, 3.63) is 29.8 Å². The maximum Gasteiger partial charge on any atom is 0.303 e. The van der Waals surface area contributed by atoms with Gasteiger partial charge < -0.3 is 10.4 Å². The zero-order chi connectivity index (χ0) is 18.4. The van der Waals surface area contributed by atoms with E-state index in [1.165, 1.54) is 24.3 Å². The van der Waals surface area contributed by atoms with Crippen molar-refractivity contribution in [2.75, 3.05) is 0 Å². The SMILES string of the molecule is CC(CCC(=O)O)NC(=O)c1cccc(S(=O)(=O)NC2CCCC2)c1. The first-order valence-corrected chi connectivity index (χ1v) is 9.91. The quantitative estimate of drug-likeness (QED) is 0.649. The van der Waals surface area contributed by atoms with Crippen LogP contribution in [-0.4, -0.2) is 37.5 Å². The van der Waals surface area contributed by atoms with E-state index >= 15 is 0 Å². The summed E-state index contributed by atoms with van der Waals surface area (Å²) in [5.74, 6) is -1.34. The van der Waals surface area contributed by atoms with E-state index in [2.05, 4.69) is 10.0 Å². The molecule has 1 aromatic carbocycles. The lowest BCUT2D eigenvalue weighted by Crippen LogP contribution is -2.34. The fourth-order valence-corrected chi connectivity index (χ4v) is 4.21. The highest BCUT2D eigenvalue weighted by Gasteiger charge is 2.23. The van der Waals surface area contributed by atoms with Gasteiger partial charge in [-0.05, 0) is 44.4 Å². The second kappa shape index (κ2) is 8.44. The summed E-state index contributed by atoms with van der Waals surface area (Å²) in [5, 5.41) is 11.4. The Morgan fingerprint density at radius 1 is 1.28 bits per heavy atom. The maximum absolute atomic E-state index is 12.5. The fourth-order valence-electron chi connectivity index (χ4n) is 2.85. The van der Waals surface area contributed by atoms with E-state index in [0.717, 1.165) is 25.7 Å². The van der Waals surface area contributed by atoms with Crippen molar-refractivity contribution in [2.24, 2.45) is 0 Å². The van der Waals surface area contributed by atoms with Gasteiger partial charge in [-0.15, -0.1) is 0 Å². The third kappa shape index (κ3) is 5.82. The van der Waals surface area contributed by atoms with Crippen LogP contribution in [0.1, 0.15) is 55.8 Å². The molecule has 0 aliphatic heterocycles. The largest absolute Gasteiger partial charge is 0.481 e. The molecule has 1 amide bonds. The number of nitrogens with one attached hydrogen (secondary N) is 2. The van der Waals surface area contributed by atoms with Crippen molar-refractivity contribution in [1.82, 2.24) is 10.0 Å². The Morgan fingerprint density at radius 2 is 1.96 bits per heavy atom. The van der Waals surface area contributed by atoms with Gasteiger partial charge in [0.05, 0.1) is 4.90 Å². The van der Waals surface area contributed by atoms with Gasteiger partial charge in [0.1, 0.15) is 0 Å². The molecule has 7 nitrogen and oxygen atoms in total. The second-order valence-electron chi connectivity index (χ2n) is 6.44. The highest BCUT2D eigenvalue weighted by atomic mass is 32.2. The lowest BCUT2D eigenvalue weighted by atomic mass is 10.1. The van der Waals surface area contributed by atoms with Crippen molar-refractivity contribution < 1.29 is 23.1 Å². The molecule has 0 heterocycles. The molecule has 138 valence electrons. The molecule has 1 aromatic rings. The average molecular weight is 368 g/mol. The molecule has 0 saturated heterocycles. The van der Waals surface area contributed by atoms with Gasteiger partial charge in [0.25, 0.3) is 5.91 Å². The fraction of sp³-hybridized carbons (Fsp3) is 0.529. The van der Waals surface area contributed by atoms with Gasteiger partial charge in [0.15, 0.2) is 0 Å². The Balaban J connectivity index is 2.04. The first-order chi connectivity index (χ1) is 11.8. The number of carbonyl (C=O) groups is 2. The monoisotopic (exact) mass is 368 g/mol. The maximum atomic E-state index is 12.5. The van der Waals surface area contributed by atoms with Gasteiger partial charge in [-0.25, -0.2) is 13.1 Å². The standard InChI is InChI=1S/C17H24N2O5S/c1-12(9-10-16(20)21)18-17(22)13-5-4-8-15(11-13)25(23,24)19-14-6-2-3-7-14/h4-5,8,11-12,14,19H,2-3,6-7,9-10H2,1H3,(H,18,22)(H,20,21). The van der Waals surface area contributed by atoms with Gasteiger partial charge in [0, 0.05) is 24.1 Å². The number of hydrogen-bond donors (Lipinski definition) is 3. The van der Waals surface area contributed by atoms with E-state index in [0.29, 0.717) is 6.42 Å². The van der Waals surface area contributed by atoms with Crippen molar-refractivity contribution in [1.29, 1.82) is 0 Å². The first-order valence-electron chi connectivity index (χ1n) is 8.43. The summed E-state index contributed by atoms with van der Waals surface area (Å²) in [5.41, 5.74) is 0.233. The van der Waals surface area contributed by atoms with Gasteiger partial charge >= 0.3 is 5.97 Å². The lowest BCUT2D eigenvalue weighted by Gasteiger charge is -2.15. The number of sulfonamides is 1. The van der Waals surface area contributed by atoms with E-state index in [9.17, 15) is 18.0 Å². The number of hydrogen-bond acceptors (Lipinski definition) is 4. The Kier molecular flexibility index (Phi) is 6.55. The molecule has 1 unspecified atom stereocenters. The molecule has 0 aromatic heterocycles. The minimum atomic E-state index is -3.66. The van der Waals surface area contributed by atoms with Crippen LogP contribution in [0.15, 0.2) is 29.2 Å². The van der Waals surface area contributed by atoms with Gasteiger partial charge in [-0.2, -0.15) is 0 Å². The summed E-state index contributed by atoms with van der Waals surface area (Å²) < 4.78 is 27.6. The molecule has 0 bridgehead atoms. The number of carboxylic acid groups (broad SMARTS) is 1. The molecular formula is C17H24N2O5S. The van der Waals surface area contributed by atoms with Crippen molar-refractivity contribution in [3.8, 4) is 0 Å². The van der Waals surface area contributed by atoms with Gasteiger partial charge in [-0.3, -0.25) is 9.59 Å². The number of carboxylic acids is 1. The molecule has 8 heteroatoms. The molecular weight excluding hydrogens is 344 g/mol. The average Bonchev–Trinajstić information content (AvgIpc) is 3.05. The zero-order valence-corrected chi connectivity index (χ0v) is 15.0. The predicted octanol–water partition coefficient (Wildman–Crippen LogP) is 1.89. The minimum absolute atomic E-state index is 0.0405. The van der Waals surface area contributed by atoms with E-state index in [4.69, 9.17) is 5.11 Å². The smallest absolute Gasteiger partial charge is 0.303 e. The number of benzene rings is 1. The normalized spacial score (nSPS) is 16.5. The molecule has 25 heavy (non-hydrogen) atoms. The van der Waals surface area contributed by atoms with Crippen LogP contribution >= 0.6 is 0 Å². The molecule has 1 aliphatic rings. The van der Waals surface area contributed by atoms with Crippen molar-refractivity contribution >= 4 is 21.9 Å². The molecule has 3 N–H and O–H groups in total. The predicted molar refractivity (Wildman–Crippen MR) is 92.8 cm³/mol. The highest BCUT2D eigenvalue weighted by Crippen LogP contribution is 2.21. The first kappa shape index (κ1) is 19.4. The number of rotatable bonds is 8. The topological polar surface area (TPSA) is 113 Å². The molecule has 1 aliphatic carbocycles. The van der Waals surface area contributed by atoms with Crippen LogP contribution in [0.2, 0.25) is 0 Å². The Bertz CT molecular complexity index is 726. The molecule has 0 radical (unpaired) electrons. The van der Waals surface area contributed by atoms with Crippen LogP contribution in [0, 0.1) is 0 Å². The number of carbonyl (C=O) groups excluding carboxylic acids is 1. The van der Waals surface area contributed by atoms with Crippen LogP contribution in [-0.2, 0) is 14.8 Å². The summed E-state index contributed by atoms with van der Waals surface area (Å²) in [6.07, 6.45) is 3.97. The molecule has 1 atom stereocenters. The van der Waals surface area contributed by atoms with Crippen LogP contribution < -0.4 is 10.0 Å². The highest BCUT2D eigenvalue weighted by molar-refractivity contribution is 7.89. The molecule has 1 fully saturated rings. The van der Waals surface area contributed by atoms with E-state index in [1.807, 2.05) is 0 Å². The van der Waals surface area contributed by atoms with Crippen molar-refractivity contribution in [2.45, 2.75) is 62.4 Å². The Hall–Kier alpha value is -1.93. The molecule has 1 saturated carbocycles. The lowest BCUT2D eigenvalue weighted by molar-refractivity contribution is -0.137. The molecule has 2 rings (SSSR count). The van der Waals surface area contributed by atoms with E-state index in [-0.39, 0.29) is 29.0 Å². The summed E-state index contributed by atoms with van der Waals surface area (Å²) >= 11 is 0. The Labute approximate surface area is 147 Å². The third-order valence-electron chi connectivity index (χ3n) is 4.25. The van der Waals surface area contributed by atoms with Gasteiger partial charge in [-0.1, -0.05) is 18.9 Å². The van der Waals surface area contributed by atoms with E-state index in [1.54, 1.807) is 6.92 Å². The van der Waals surface area contributed by atoms with Crippen LogP contribution in [0.4, 0.5) is 0 Å². The number of aliphatic carboxylic acids is 1. The van der Waals surface area contributed by atoms with Crippen LogP contribution in [0.3, 0.4) is 0 Å². The Morgan fingerprint density at radius 3 is 2.60 bits per heavy atom. The third-order valence-corrected chi connectivity index (χ3v) is 5.77. The summed E-state index contributed by atoms with van der Waals surface area (Å²) in [6.45, 7) is 1.71. The summed E-state index contributed by atoms with van der Waals surface area (Å²) in [7, 11) is -3.66. The van der Waals surface area contributed by atoms with E-state index < -0.39 is 21.9 Å². The second-order valence-corrected chi connectivity index (χ2v) is 8.15. The van der Waals surface area contributed by atoms with Gasteiger partial charge in [0.2, 0.25) is 10.0 Å². The number of amides is 1. The van der Waals surface area contributed by atoms with Crippen LogP contribution in [0.25, 0.3) is 0 Å². The van der Waals surface area contributed by atoms with Crippen LogP contribution in [0.5, 0.6) is 0 Å². The summed E-state index contributed by atoms with van der Waals surface area (Å²) in [6, 6.07) is 5.51.